The van der Waals surface area contributed by atoms with Crippen LogP contribution in [0.5, 0.6) is 0 Å². The fraction of sp³-hybridized carbons (Fsp3) is 0.355. The normalized spacial score (nSPS) is 10.6. The molecular formula is C31H36N6O2. The number of nitriles is 1. The number of ketones is 1. The molecule has 0 unspecified atom stereocenters. The van der Waals surface area contributed by atoms with Crippen LogP contribution in [0.15, 0.2) is 61.3 Å². The highest BCUT2D eigenvalue weighted by atomic mass is 16.2. The molecule has 1 N–H and O–H groups in total. The van der Waals surface area contributed by atoms with E-state index >= 15 is 0 Å². The average molecular weight is 525 g/mol. The molecule has 0 saturated heterocycles. The van der Waals surface area contributed by atoms with E-state index in [9.17, 15) is 9.59 Å². The zero-order valence-electron chi connectivity index (χ0n) is 23.1. The number of nitrogens with one attached hydrogen (secondary N) is 1. The summed E-state index contributed by atoms with van der Waals surface area (Å²) in [4.78, 5) is 35.4. The Morgan fingerprint density at radius 3 is 2.38 bits per heavy atom. The van der Waals surface area contributed by atoms with Gasteiger partial charge in [-0.1, -0.05) is 33.6 Å². The number of aryl methyl sites for hydroxylation is 1. The van der Waals surface area contributed by atoms with Gasteiger partial charge in [0.15, 0.2) is 5.78 Å². The minimum absolute atomic E-state index is 0.0925. The second-order valence-corrected chi connectivity index (χ2v) is 9.47. The first-order valence-corrected chi connectivity index (χ1v) is 13.5. The number of anilines is 1. The molecule has 0 saturated carbocycles. The van der Waals surface area contributed by atoms with E-state index in [-0.39, 0.29) is 17.4 Å². The molecule has 0 radical (unpaired) electrons. The maximum atomic E-state index is 12.6. The minimum Gasteiger partial charge on any atom is -0.350 e. The van der Waals surface area contributed by atoms with Gasteiger partial charge < -0.3 is 9.88 Å². The predicted octanol–water partition coefficient (Wildman–Crippen LogP) is 6.84. The number of carbonyl (C=O) groups is 2. The van der Waals surface area contributed by atoms with Crippen LogP contribution in [0, 0.1) is 11.3 Å². The lowest BCUT2D eigenvalue weighted by Gasteiger charge is -2.15. The number of Topliss-reactive ketones (excluding diaryl/α,β-unsaturated/α-hetero) is 1. The molecule has 1 amide bonds. The molecule has 8 heteroatoms. The van der Waals surface area contributed by atoms with Crippen LogP contribution in [0.1, 0.15) is 97.3 Å². The number of carbonyl (C=O) groups excluding carboxylic acids is 2. The molecule has 1 aromatic carbocycles. The Kier molecular flexibility index (Phi) is 10.9. The third-order valence-corrected chi connectivity index (χ3v) is 6.46. The monoisotopic (exact) mass is 524 g/mol. The molecule has 0 fully saturated rings. The molecule has 0 spiro atoms. The summed E-state index contributed by atoms with van der Waals surface area (Å²) < 4.78 is 2.16. The van der Waals surface area contributed by atoms with Gasteiger partial charge in [0.1, 0.15) is 17.7 Å². The number of aromatic nitrogens is 4. The first-order valence-electron chi connectivity index (χ1n) is 13.5. The molecule has 0 bridgehead atoms. The van der Waals surface area contributed by atoms with Crippen molar-refractivity contribution in [1.82, 2.24) is 19.5 Å². The quantitative estimate of drug-likeness (QED) is 0.227. The van der Waals surface area contributed by atoms with Crippen LogP contribution >= 0.6 is 0 Å². The molecule has 3 heterocycles. The number of benzene rings is 1. The van der Waals surface area contributed by atoms with Gasteiger partial charge in [-0.25, -0.2) is 9.97 Å². The van der Waals surface area contributed by atoms with Crippen molar-refractivity contribution in [2.75, 3.05) is 5.32 Å². The average Bonchev–Trinajstić information content (AvgIpc) is 3.29. The molecule has 0 aliphatic carbocycles. The van der Waals surface area contributed by atoms with Crippen molar-refractivity contribution in [2.45, 2.75) is 65.2 Å². The lowest BCUT2D eigenvalue weighted by Crippen LogP contribution is -2.13. The number of rotatable bonds is 10. The van der Waals surface area contributed by atoms with Crippen LogP contribution in [0.4, 0.5) is 5.69 Å². The van der Waals surface area contributed by atoms with Crippen molar-refractivity contribution in [3.63, 3.8) is 0 Å². The van der Waals surface area contributed by atoms with Gasteiger partial charge in [-0.2, -0.15) is 5.26 Å². The van der Waals surface area contributed by atoms with E-state index in [2.05, 4.69) is 58.0 Å². The molecule has 3 aromatic heterocycles. The SMILES string of the molecule is CCCC(=O)c1ccncn1.CCCC(CCC)c1cn(C)c2ccc(NC(=O)c3cc(C#N)ccn3)cc12. The number of pyridine rings is 1. The van der Waals surface area contributed by atoms with E-state index in [1.54, 1.807) is 18.3 Å². The van der Waals surface area contributed by atoms with E-state index in [4.69, 9.17) is 5.26 Å². The Labute approximate surface area is 230 Å². The molecule has 4 aromatic rings. The maximum Gasteiger partial charge on any atom is 0.274 e. The fourth-order valence-corrected chi connectivity index (χ4v) is 4.61. The minimum atomic E-state index is -0.312. The molecular weight excluding hydrogens is 488 g/mol. The third-order valence-electron chi connectivity index (χ3n) is 6.46. The number of hydrogen-bond acceptors (Lipinski definition) is 6. The number of amides is 1. The van der Waals surface area contributed by atoms with Crippen molar-refractivity contribution < 1.29 is 9.59 Å². The maximum absolute atomic E-state index is 12.6. The highest BCUT2D eigenvalue weighted by Crippen LogP contribution is 2.34. The summed E-state index contributed by atoms with van der Waals surface area (Å²) in [6.45, 7) is 6.42. The number of fused-ring (bicyclic) bond motifs is 1. The summed E-state index contributed by atoms with van der Waals surface area (Å²) in [6, 6.07) is 12.8. The summed E-state index contributed by atoms with van der Waals surface area (Å²) in [5, 5.41) is 13.1. The molecule has 0 aliphatic rings. The van der Waals surface area contributed by atoms with Crippen molar-refractivity contribution in [2.24, 2.45) is 7.05 Å². The first-order chi connectivity index (χ1) is 18.9. The zero-order valence-corrected chi connectivity index (χ0v) is 23.1. The van der Waals surface area contributed by atoms with E-state index in [1.165, 1.54) is 29.5 Å². The van der Waals surface area contributed by atoms with Gasteiger partial charge >= 0.3 is 0 Å². The largest absolute Gasteiger partial charge is 0.350 e. The summed E-state index contributed by atoms with van der Waals surface area (Å²) in [5.41, 5.74) is 4.42. The topological polar surface area (TPSA) is 114 Å². The highest BCUT2D eigenvalue weighted by molar-refractivity contribution is 6.04. The van der Waals surface area contributed by atoms with Crippen LogP contribution in [0.3, 0.4) is 0 Å². The molecule has 39 heavy (non-hydrogen) atoms. The van der Waals surface area contributed by atoms with Gasteiger partial charge in [0.25, 0.3) is 5.91 Å². The molecule has 0 atom stereocenters. The van der Waals surface area contributed by atoms with Crippen molar-refractivity contribution in [1.29, 1.82) is 5.26 Å². The van der Waals surface area contributed by atoms with Gasteiger partial charge in [-0.3, -0.25) is 14.6 Å². The fourth-order valence-electron chi connectivity index (χ4n) is 4.61. The van der Waals surface area contributed by atoms with Gasteiger partial charge in [0, 0.05) is 48.6 Å². The molecule has 0 aliphatic heterocycles. The summed E-state index contributed by atoms with van der Waals surface area (Å²) in [7, 11) is 2.07. The Hall–Kier alpha value is -4.38. The van der Waals surface area contributed by atoms with Crippen molar-refractivity contribution >= 4 is 28.3 Å². The van der Waals surface area contributed by atoms with Crippen molar-refractivity contribution in [3.05, 3.63) is 83.8 Å². The molecule has 202 valence electrons. The molecule has 4 rings (SSSR count). The van der Waals surface area contributed by atoms with Crippen LogP contribution in [0.25, 0.3) is 10.9 Å². The number of nitrogens with zero attached hydrogens (tertiary/aromatic N) is 5. The molecule has 8 nitrogen and oxygen atoms in total. The lowest BCUT2D eigenvalue weighted by molar-refractivity contribution is 0.0975. The second kappa shape index (κ2) is 14.5. The van der Waals surface area contributed by atoms with Gasteiger partial charge in [-0.05, 0) is 67.1 Å². The summed E-state index contributed by atoms with van der Waals surface area (Å²) in [5.74, 6) is 0.307. The van der Waals surface area contributed by atoms with E-state index in [0.29, 0.717) is 23.6 Å². The summed E-state index contributed by atoms with van der Waals surface area (Å²) >= 11 is 0. The van der Waals surface area contributed by atoms with Gasteiger partial charge in [-0.15, -0.1) is 0 Å². The van der Waals surface area contributed by atoms with E-state index in [0.717, 1.165) is 43.3 Å². The standard InChI is InChI=1S/C23H26N4O.C8H10N2O/c1-4-6-17(7-5-2)20-15-27(3)22-9-8-18(13-19(20)22)26-23(28)21-12-16(14-24)10-11-25-21;1-2-3-8(11)7-4-5-9-6-10-7/h8-13,15,17H,4-7H2,1-3H3,(H,26,28);4-6H,2-3H2,1H3. The Morgan fingerprint density at radius 1 is 0.974 bits per heavy atom. The Morgan fingerprint density at radius 2 is 1.74 bits per heavy atom. The van der Waals surface area contributed by atoms with Crippen molar-refractivity contribution in [3.8, 4) is 6.07 Å². The lowest BCUT2D eigenvalue weighted by atomic mass is 9.90. The van der Waals surface area contributed by atoms with Crippen LogP contribution < -0.4 is 5.32 Å². The van der Waals surface area contributed by atoms with Gasteiger partial charge in [0.05, 0.1) is 11.6 Å². The van der Waals surface area contributed by atoms with Crippen LogP contribution in [0.2, 0.25) is 0 Å². The highest BCUT2D eigenvalue weighted by Gasteiger charge is 2.17. The van der Waals surface area contributed by atoms with Crippen LogP contribution in [-0.4, -0.2) is 31.2 Å². The smallest absolute Gasteiger partial charge is 0.274 e. The predicted molar refractivity (Wildman–Crippen MR) is 154 cm³/mol. The van der Waals surface area contributed by atoms with E-state index in [1.807, 2.05) is 25.1 Å². The van der Waals surface area contributed by atoms with Gasteiger partial charge in [0.2, 0.25) is 0 Å². The van der Waals surface area contributed by atoms with E-state index < -0.39 is 0 Å². The summed E-state index contributed by atoms with van der Waals surface area (Å²) in [6.07, 6.45) is 12.7. The third kappa shape index (κ3) is 7.81. The number of hydrogen-bond donors (Lipinski definition) is 1. The first kappa shape index (κ1) is 29.2. The second-order valence-electron chi connectivity index (χ2n) is 9.47. The Bertz CT molecular complexity index is 1430. The van der Waals surface area contributed by atoms with Crippen LogP contribution in [-0.2, 0) is 7.05 Å². The zero-order chi connectivity index (χ0) is 28.2. The Balaban J connectivity index is 0.000000320.